The van der Waals surface area contributed by atoms with Gasteiger partial charge in [0.25, 0.3) is 11.8 Å². The van der Waals surface area contributed by atoms with E-state index in [1.54, 1.807) is 24.3 Å². The van der Waals surface area contributed by atoms with Gasteiger partial charge in [0, 0.05) is 17.6 Å². The number of benzene rings is 1. The Morgan fingerprint density at radius 3 is 2.42 bits per heavy atom. The average Bonchev–Trinajstić information content (AvgIpc) is 2.96. The normalized spacial score (nSPS) is 24.7. The van der Waals surface area contributed by atoms with Crippen molar-refractivity contribution in [1.82, 2.24) is 0 Å². The number of ether oxygens (including phenoxy) is 2. The number of amides is 2. The first kappa shape index (κ1) is 18.3. The summed E-state index contributed by atoms with van der Waals surface area (Å²) in [6.45, 7) is 5.43. The highest BCUT2D eigenvalue weighted by Gasteiger charge is 2.40. The third kappa shape index (κ3) is 3.85. The van der Waals surface area contributed by atoms with Gasteiger partial charge in [-0.25, -0.2) is 4.90 Å². The van der Waals surface area contributed by atoms with Crippen LogP contribution in [0.1, 0.15) is 32.3 Å². The fourth-order valence-electron chi connectivity index (χ4n) is 3.11. The molecule has 2 atom stereocenters. The zero-order valence-corrected chi connectivity index (χ0v) is 15.1. The molecule has 2 unspecified atom stereocenters. The standard InChI is InChI=1S/C20H23NO5/c1-14-20(2,13-26-14)10-3-11-25-19(24)12-15-4-6-16(7-5-15)21-17(22)8-9-18(21)23/h4-9,14H,3,10-13H2,1-2H3. The van der Waals surface area contributed by atoms with Gasteiger partial charge in [0.1, 0.15) is 0 Å². The molecule has 0 radical (unpaired) electrons. The second-order valence-electron chi connectivity index (χ2n) is 7.12. The van der Waals surface area contributed by atoms with Crippen LogP contribution in [0.4, 0.5) is 5.69 Å². The van der Waals surface area contributed by atoms with E-state index < -0.39 is 0 Å². The van der Waals surface area contributed by atoms with Crippen LogP contribution in [0.25, 0.3) is 0 Å². The van der Waals surface area contributed by atoms with E-state index in [2.05, 4.69) is 13.8 Å². The molecule has 2 amide bonds. The maximum absolute atomic E-state index is 12.0. The number of hydrogen-bond donors (Lipinski definition) is 0. The molecule has 138 valence electrons. The Morgan fingerprint density at radius 2 is 1.88 bits per heavy atom. The molecule has 26 heavy (non-hydrogen) atoms. The van der Waals surface area contributed by atoms with Crippen molar-refractivity contribution in [3.05, 3.63) is 42.0 Å². The van der Waals surface area contributed by atoms with Gasteiger partial charge >= 0.3 is 5.97 Å². The van der Waals surface area contributed by atoms with Crippen LogP contribution in [0.3, 0.4) is 0 Å². The van der Waals surface area contributed by atoms with Crippen molar-refractivity contribution in [2.45, 2.75) is 39.2 Å². The first-order valence-electron chi connectivity index (χ1n) is 8.81. The fraction of sp³-hybridized carbons (Fsp3) is 0.450. The first-order chi connectivity index (χ1) is 12.4. The third-order valence-electron chi connectivity index (χ3n) is 5.15. The van der Waals surface area contributed by atoms with E-state index in [0.29, 0.717) is 12.3 Å². The molecular formula is C20H23NO5. The van der Waals surface area contributed by atoms with E-state index in [1.165, 1.54) is 12.2 Å². The van der Waals surface area contributed by atoms with E-state index in [1.807, 2.05) is 0 Å². The van der Waals surface area contributed by atoms with Crippen LogP contribution < -0.4 is 4.90 Å². The Hall–Kier alpha value is -2.47. The lowest BCUT2D eigenvalue weighted by Crippen LogP contribution is -2.47. The monoisotopic (exact) mass is 357 g/mol. The van der Waals surface area contributed by atoms with Crippen molar-refractivity contribution in [3.8, 4) is 0 Å². The molecule has 1 fully saturated rings. The van der Waals surface area contributed by atoms with Gasteiger partial charge in [0.15, 0.2) is 0 Å². The van der Waals surface area contributed by atoms with Gasteiger partial charge in [-0.15, -0.1) is 0 Å². The van der Waals surface area contributed by atoms with Crippen LogP contribution in [0.15, 0.2) is 36.4 Å². The van der Waals surface area contributed by atoms with Crippen molar-refractivity contribution < 1.29 is 23.9 Å². The minimum Gasteiger partial charge on any atom is -0.465 e. The highest BCUT2D eigenvalue weighted by atomic mass is 16.5. The summed E-state index contributed by atoms with van der Waals surface area (Å²) < 4.78 is 10.7. The molecule has 0 saturated carbocycles. The SMILES string of the molecule is CC1OCC1(C)CCCOC(=O)Cc1ccc(N2C(=O)C=CC2=O)cc1. The number of carbonyl (C=O) groups is 3. The maximum Gasteiger partial charge on any atom is 0.310 e. The van der Waals surface area contributed by atoms with Gasteiger partial charge in [-0.2, -0.15) is 0 Å². The Bertz CT molecular complexity index is 721. The molecule has 6 heteroatoms. The molecular weight excluding hydrogens is 334 g/mol. The molecule has 0 spiro atoms. The van der Waals surface area contributed by atoms with Gasteiger partial charge < -0.3 is 9.47 Å². The summed E-state index contributed by atoms with van der Waals surface area (Å²) in [5.41, 5.74) is 1.47. The molecule has 0 bridgehead atoms. The van der Waals surface area contributed by atoms with Gasteiger partial charge in [-0.1, -0.05) is 19.1 Å². The molecule has 2 aliphatic heterocycles. The summed E-state index contributed by atoms with van der Waals surface area (Å²) in [4.78, 5) is 36.3. The Balaban J connectivity index is 1.43. The molecule has 2 aliphatic rings. The second-order valence-corrected chi connectivity index (χ2v) is 7.12. The van der Waals surface area contributed by atoms with Crippen molar-refractivity contribution in [2.75, 3.05) is 18.1 Å². The number of imide groups is 1. The van der Waals surface area contributed by atoms with Gasteiger partial charge in [0.2, 0.25) is 0 Å². The van der Waals surface area contributed by atoms with Gasteiger partial charge in [0.05, 0.1) is 31.4 Å². The number of rotatable bonds is 7. The predicted octanol–water partition coefficient (Wildman–Crippen LogP) is 2.41. The van der Waals surface area contributed by atoms with E-state index in [9.17, 15) is 14.4 Å². The largest absolute Gasteiger partial charge is 0.465 e. The molecule has 0 aromatic heterocycles. The van der Waals surface area contributed by atoms with Crippen LogP contribution in [-0.2, 0) is 30.3 Å². The zero-order chi connectivity index (χ0) is 18.7. The number of esters is 1. The van der Waals surface area contributed by atoms with E-state index >= 15 is 0 Å². The fourth-order valence-corrected chi connectivity index (χ4v) is 3.11. The number of anilines is 1. The molecule has 3 rings (SSSR count). The van der Waals surface area contributed by atoms with Crippen LogP contribution in [0, 0.1) is 5.41 Å². The minimum absolute atomic E-state index is 0.164. The predicted molar refractivity (Wildman–Crippen MR) is 95.5 cm³/mol. The molecule has 6 nitrogen and oxygen atoms in total. The first-order valence-corrected chi connectivity index (χ1v) is 8.81. The molecule has 0 N–H and O–H groups in total. The van der Waals surface area contributed by atoms with Gasteiger partial charge in [-0.05, 0) is 37.5 Å². The van der Waals surface area contributed by atoms with Gasteiger partial charge in [-0.3, -0.25) is 14.4 Å². The Labute approximate surface area is 152 Å². The summed E-state index contributed by atoms with van der Waals surface area (Å²) >= 11 is 0. The minimum atomic E-state index is -0.359. The molecule has 1 saturated heterocycles. The zero-order valence-electron chi connectivity index (χ0n) is 15.1. The lowest BCUT2D eigenvalue weighted by atomic mass is 9.77. The Morgan fingerprint density at radius 1 is 1.23 bits per heavy atom. The molecule has 2 heterocycles. The lowest BCUT2D eigenvalue weighted by Gasteiger charge is -2.45. The average molecular weight is 357 g/mol. The second kappa shape index (κ2) is 7.41. The maximum atomic E-state index is 12.0. The highest BCUT2D eigenvalue weighted by Crippen LogP contribution is 2.38. The summed E-state index contributed by atoms with van der Waals surface area (Å²) in [7, 11) is 0. The van der Waals surface area contributed by atoms with Crippen molar-refractivity contribution in [3.63, 3.8) is 0 Å². The van der Waals surface area contributed by atoms with Crippen LogP contribution in [0.2, 0.25) is 0 Å². The van der Waals surface area contributed by atoms with E-state index in [4.69, 9.17) is 9.47 Å². The van der Waals surface area contributed by atoms with E-state index in [0.717, 1.165) is 29.9 Å². The summed E-state index contributed by atoms with van der Waals surface area (Å²) in [5, 5.41) is 0. The quantitative estimate of drug-likeness (QED) is 0.426. The van der Waals surface area contributed by atoms with Crippen molar-refractivity contribution >= 4 is 23.5 Å². The summed E-state index contributed by atoms with van der Waals surface area (Å²) in [6, 6.07) is 6.77. The number of nitrogens with zero attached hydrogens (tertiary/aromatic N) is 1. The van der Waals surface area contributed by atoms with Crippen LogP contribution >= 0.6 is 0 Å². The number of hydrogen-bond acceptors (Lipinski definition) is 5. The van der Waals surface area contributed by atoms with Crippen molar-refractivity contribution in [1.29, 1.82) is 0 Å². The molecule has 1 aromatic rings. The van der Waals surface area contributed by atoms with Crippen LogP contribution in [-0.4, -0.2) is 37.1 Å². The van der Waals surface area contributed by atoms with Crippen LogP contribution in [0.5, 0.6) is 0 Å². The molecule has 1 aromatic carbocycles. The Kier molecular flexibility index (Phi) is 5.23. The topological polar surface area (TPSA) is 72.9 Å². The van der Waals surface area contributed by atoms with E-state index in [-0.39, 0.29) is 35.7 Å². The highest BCUT2D eigenvalue weighted by molar-refractivity contribution is 6.28. The third-order valence-corrected chi connectivity index (χ3v) is 5.15. The lowest BCUT2D eigenvalue weighted by molar-refractivity contribution is -0.173. The summed E-state index contributed by atoms with van der Waals surface area (Å²) in [5.74, 6) is -1.00. The summed E-state index contributed by atoms with van der Waals surface area (Å²) in [6.07, 6.45) is 4.70. The molecule has 0 aliphatic carbocycles. The van der Waals surface area contributed by atoms with Crippen molar-refractivity contribution in [2.24, 2.45) is 5.41 Å². The smallest absolute Gasteiger partial charge is 0.310 e. The number of carbonyl (C=O) groups excluding carboxylic acids is 3.